The fraction of sp³-hybridized carbons (Fsp3) is 0.100. The first-order valence-corrected chi connectivity index (χ1v) is 6.82. The van der Waals surface area contributed by atoms with Crippen LogP contribution in [0.25, 0.3) is 5.82 Å². The summed E-state index contributed by atoms with van der Waals surface area (Å²) in [6.07, 6.45) is 4.17. The van der Waals surface area contributed by atoms with E-state index in [2.05, 4.69) is 10.1 Å². The van der Waals surface area contributed by atoms with Crippen molar-refractivity contribution in [3.63, 3.8) is 0 Å². The average molecular weight is 285 g/mol. The summed E-state index contributed by atoms with van der Waals surface area (Å²) < 4.78 is 37.3. The topological polar surface area (TPSA) is 102 Å². The van der Waals surface area contributed by atoms with Crippen molar-refractivity contribution in [1.82, 2.24) is 14.8 Å². The molecule has 0 radical (unpaired) electrons. The standard InChI is InChI=1S/C10H8FN3O4S/c1-19(17,18)6-4-13-14(5-6)9-8(11)7(10(15)16)2-3-12-9/h2-5H,1H3,(H,15,16). The number of aromatic carboxylic acids is 1. The van der Waals surface area contributed by atoms with Gasteiger partial charge in [0, 0.05) is 12.5 Å². The van der Waals surface area contributed by atoms with Gasteiger partial charge < -0.3 is 5.11 Å². The number of pyridine rings is 1. The molecule has 0 saturated heterocycles. The summed E-state index contributed by atoms with van der Waals surface area (Å²) in [5.74, 6) is -2.91. The lowest BCUT2D eigenvalue weighted by Gasteiger charge is -2.03. The number of halogens is 1. The van der Waals surface area contributed by atoms with Crippen LogP contribution in [0.5, 0.6) is 0 Å². The molecule has 0 bridgehead atoms. The second kappa shape index (κ2) is 4.43. The molecule has 19 heavy (non-hydrogen) atoms. The third kappa shape index (κ3) is 2.45. The minimum atomic E-state index is -3.48. The van der Waals surface area contributed by atoms with Crippen molar-refractivity contribution in [2.75, 3.05) is 6.26 Å². The SMILES string of the molecule is CS(=O)(=O)c1cnn(-c2nccc(C(=O)O)c2F)c1. The van der Waals surface area contributed by atoms with Gasteiger partial charge in [0.05, 0.1) is 12.4 Å². The summed E-state index contributed by atoms with van der Waals surface area (Å²) in [4.78, 5) is 14.3. The predicted octanol–water partition coefficient (Wildman–Crippen LogP) is 0.508. The van der Waals surface area contributed by atoms with Crippen LogP contribution in [-0.4, -0.2) is 40.5 Å². The zero-order valence-electron chi connectivity index (χ0n) is 9.61. The zero-order valence-corrected chi connectivity index (χ0v) is 10.4. The third-order valence-electron chi connectivity index (χ3n) is 2.31. The van der Waals surface area contributed by atoms with Crippen LogP contribution in [-0.2, 0) is 9.84 Å². The highest BCUT2D eigenvalue weighted by Gasteiger charge is 2.18. The van der Waals surface area contributed by atoms with Crippen molar-refractivity contribution >= 4 is 15.8 Å². The Labute approximate surface area is 107 Å². The van der Waals surface area contributed by atoms with Crippen molar-refractivity contribution in [2.24, 2.45) is 0 Å². The number of hydrogen-bond acceptors (Lipinski definition) is 5. The molecule has 0 amide bonds. The average Bonchev–Trinajstić information content (AvgIpc) is 2.77. The van der Waals surface area contributed by atoms with Crippen molar-refractivity contribution in [3.8, 4) is 5.82 Å². The summed E-state index contributed by atoms with van der Waals surface area (Å²) >= 11 is 0. The quantitative estimate of drug-likeness (QED) is 0.881. The van der Waals surface area contributed by atoms with Crippen LogP contribution in [0.1, 0.15) is 10.4 Å². The second-order valence-electron chi connectivity index (χ2n) is 3.69. The molecule has 2 aromatic heterocycles. The van der Waals surface area contributed by atoms with Crippen LogP contribution in [0.3, 0.4) is 0 Å². The molecule has 0 atom stereocenters. The monoisotopic (exact) mass is 285 g/mol. The highest BCUT2D eigenvalue weighted by atomic mass is 32.2. The second-order valence-corrected chi connectivity index (χ2v) is 5.71. The Hall–Kier alpha value is -2.29. The van der Waals surface area contributed by atoms with Gasteiger partial charge in [-0.25, -0.2) is 27.3 Å². The summed E-state index contributed by atoms with van der Waals surface area (Å²) in [6, 6.07) is 1.00. The Morgan fingerprint density at radius 2 is 2.16 bits per heavy atom. The normalized spacial score (nSPS) is 11.5. The Morgan fingerprint density at radius 1 is 1.47 bits per heavy atom. The summed E-state index contributed by atoms with van der Waals surface area (Å²) in [7, 11) is -3.48. The minimum Gasteiger partial charge on any atom is -0.478 e. The first-order chi connectivity index (χ1) is 8.80. The van der Waals surface area contributed by atoms with E-state index < -0.39 is 27.2 Å². The molecule has 0 aliphatic heterocycles. The van der Waals surface area contributed by atoms with Crippen LogP contribution in [0.2, 0.25) is 0 Å². The van der Waals surface area contributed by atoms with E-state index in [1.807, 2.05) is 0 Å². The summed E-state index contributed by atoms with van der Waals surface area (Å²) in [6.45, 7) is 0. The number of carbonyl (C=O) groups is 1. The highest BCUT2D eigenvalue weighted by Crippen LogP contribution is 2.16. The Balaban J connectivity index is 2.57. The molecule has 100 valence electrons. The minimum absolute atomic E-state index is 0.116. The van der Waals surface area contributed by atoms with E-state index in [0.717, 1.165) is 35.6 Å². The molecule has 1 N–H and O–H groups in total. The van der Waals surface area contributed by atoms with E-state index in [4.69, 9.17) is 5.11 Å². The number of aromatic nitrogens is 3. The molecule has 0 unspecified atom stereocenters. The van der Waals surface area contributed by atoms with Gasteiger partial charge in [-0.1, -0.05) is 0 Å². The summed E-state index contributed by atoms with van der Waals surface area (Å²) in [5.41, 5.74) is -0.568. The lowest BCUT2D eigenvalue weighted by molar-refractivity contribution is 0.0691. The molecule has 9 heteroatoms. The Kier molecular flexibility index (Phi) is 3.06. The smallest absolute Gasteiger partial charge is 0.338 e. The molecule has 7 nitrogen and oxygen atoms in total. The Bertz CT molecular complexity index is 754. The molecule has 0 spiro atoms. The lowest BCUT2D eigenvalue weighted by Crippen LogP contribution is -2.08. The van der Waals surface area contributed by atoms with E-state index in [0.29, 0.717) is 0 Å². The molecule has 0 aliphatic rings. The molecule has 0 aromatic carbocycles. The van der Waals surface area contributed by atoms with Crippen molar-refractivity contribution in [1.29, 1.82) is 0 Å². The van der Waals surface area contributed by atoms with Gasteiger partial charge in [0.2, 0.25) is 0 Å². The molecular weight excluding hydrogens is 277 g/mol. The van der Waals surface area contributed by atoms with E-state index in [1.165, 1.54) is 0 Å². The van der Waals surface area contributed by atoms with Crippen LogP contribution >= 0.6 is 0 Å². The van der Waals surface area contributed by atoms with Crippen molar-refractivity contribution in [2.45, 2.75) is 4.90 Å². The molecular formula is C10H8FN3O4S. The maximum absolute atomic E-state index is 13.9. The fourth-order valence-corrected chi connectivity index (χ4v) is 1.90. The molecule has 0 aliphatic carbocycles. The van der Waals surface area contributed by atoms with Gasteiger partial charge in [0.25, 0.3) is 0 Å². The molecule has 2 rings (SSSR count). The van der Waals surface area contributed by atoms with E-state index in [-0.39, 0.29) is 10.7 Å². The maximum Gasteiger partial charge on any atom is 0.338 e. The van der Waals surface area contributed by atoms with Gasteiger partial charge in [-0.05, 0) is 6.07 Å². The van der Waals surface area contributed by atoms with Crippen LogP contribution in [0.4, 0.5) is 4.39 Å². The van der Waals surface area contributed by atoms with E-state index >= 15 is 0 Å². The van der Waals surface area contributed by atoms with Gasteiger partial charge in [0.1, 0.15) is 10.5 Å². The number of nitrogens with zero attached hydrogens (tertiary/aromatic N) is 3. The van der Waals surface area contributed by atoms with Gasteiger partial charge in [-0.2, -0.15) is 5.10 Å². The first-order valence-electron chi connectivity index (χ1n) is 4.93. The first kappa shape index (κ1) is 13.1. The van der Waals surface area contributed by atoms with E-state index in [9.17, 15) is 17.6 Å². The maximum atomic E-state index is 13.9. The van der Waals surface area contributed by atoms with Crippen molar-refractivity contribution < 1.29 is 22.7 Å². The predicted molar refractivity (Wildman–Crippen MR) is 61.4 cm³/mol. The van der Waals surface area contributed by atoms with Gasteiger partial charge >= 0.3 is 5.97 Å². The third-order valence-corrected chi connectivity index (χ3v) is 3.37. The van der Waals surface area contributed by atoms with Crippen molar-refractivity contribution in [3.05, 3.63) is 36.0 Å². The molecule has 0 saturated carbocycles. The number of rotatable bonds is 3. The molecule has 2 heterocycles. The van der Waals surface area contributed by atoms with Gasteiger partial charge in [0.15, 0.2) is 21.5 Å². The van der Waals surface area contributed by atoms with E-state index in [1.54, 1.807) is 0 Å². The van der Waals surface area contributed by atoms with Gasteiger partial charge in [-0.3, -0.25) is 0 Å². The number of sulfone groups is 1. The highest BCUT2D eigenvalue weighted by molar-refractivity contribution is 7.90. The van der Waals surface area contributed by atoms with Gasteiger partial charge in [-0.15, -0.1) is 0 Å². The number of carboxylic acids is 1. The largest absolute Gasteiger partial charge is 0.478 e. The molecule has 0 fully saturated rings. The number of hydrogen-bond donors (Lipinski definition) is 1. The fourth-order valence-electron chi connectivity index (χ4n) is 1.37. The Morgan fingerprint density at radius 3 is 2.68 bits per heavy atom. The van der Waals surface area contributed by atoms with Crippen LogP contribution in [0.15, 0.2) is 29.6 Å². The molecule has 2 aromatic rings. The lowest BCUT2D eigenvalue weighted by atomic mass is 10.2. The van der Waals surface area contributed by atoms with Crippen LogP contribution in [0, 0.1) is 5.82 Å². The van der Waals surface area contributed by atoms with Crippen LogP contribution < -0.4 is 0 Å². The number of carboxylic acid groups (broad SMARTS) is 1. The summed E-state index contributed by atoms with van der Waals surface area (Å²) in [5, 5.41) is 12.4. The zero-order chi connectivity index (χ0) is 14.2.